The summed E-state index contributed by atoms with van der Waals surface area (Å²) in [4.78, 5) is 12.8. The minimum Gasteiger partial charge on any atom is -0.496 e. The number of fused-ring (bicyclic) bond motifs is 2. The van der Waals surface area contributed by atoms with Gasteiger partial charge in [0, 0.05) is 11.5 Å². The Labute approximate surface area is 120 Å². The maximum absolute atomic E-state index is 12.8. The molecular weight excluding hydrogens is 252 g/mol. The number of benzene rings is 1. The topological polar surface area (TPSA) is 35.5 Å². The van der Waals surface area contributed by atoms with Crippen molar-refractivity contribution in [1.29, 1.82) is 0 Å². The van der Waals surface area contributed by atoms with Crippen LogP contribution in [0.15, 0.2) is 12.1 Å². The zero-order chi connectivity index (χ0) is 14.3. The van der Waals surface area contributed by atoms with E-state index in [0.717, 1.165) is 48.1 Å². The van der Waals surface area contributed by atoms with Crippen molar-refractivity contribution in [2.45, 2.75) is 51.7 Å². The third kappa shape index (κ3) is 2.35. The first kappa shape index (κ1) is 13.6. The van der Waals surface area contributed by atoms with Crippen molar-refractivity contribution >= 4 is 5.78 Å². The lowest BCUT2D eigenvalue weighted by Crippen LogP contribution is -2.30. The SMILES string of the molecule is COc1cc(C)c(C(=O)C2CC3CCC(C2)O3)cc1C. The van der Waals surface area contributed by atoms with Gasteiger partial charge in [-0.15, -0.1) is 0 Å². The van der Waals surface area contributed by atoms with Gasteiger partial charge >= 0.3 is 0 Å². The number of hydrogen-bond donors (Lipinski definition) is 0. The fourth-order valence-corrected chi connectivity index (χ4v) is 3.57. The number of aryl methyl sites for hydroxylation is 2. The molecule has 0 spiro atoms. The molecule has 20 heavy (non-hydrogen) atoms. The Hall–Kier alpha value is -1.35. The van der Waals surface area contributed by atoms with E-state index in [1.54, 1.807) is 7.11 Å². The van der Waals surface area contributed by atoms with Gasteiger partial charge < -0.3 is 9.47 Å². The second-order valence-electron chi connectivity index (χ2n) is 6.13. The van der Waals surface area contributed by atoms with Crippen molar-refractivity contribution in [2.24, 2.45) is 5.92 Å². The lowest BCUT2D eigenvalue weighted by Gasteiger charge is -2.27. The number of rotatable bonds is 3. The molecule has 2 bridgehead atoms. The Morgan fingerprint density at radius 1 is 1.15 bits per heavy atom. The fourth-order valence-electron chi connectivity index (χ4n) is 3.57. The molecule has 2 heterocycles. The molecular formula is C17H22O3. The molecule has 0 N–H and O–H groups in total. The van der Waals surface area contributed by atoms with Crippen molar-refractivity contribution in [1.82, 2.24) is 0 Å². The number of methoxy groups -OCH3 is 1. The molecule has 108 valence electrons. The average Bonchev–Trinajstić information content (AvgIpc) is 2.78. The smallest absolute Gasteiger partial charge is 0.166 e. The van der Waals surface area contributed by atoms with E-state index in [9.17, 15) is 4.79 Å². The Morgan fingerprint density at radius 2 is 1.80 bits per heavy atom. The molecule has 3 nitrogen and oxygen atoms in total. The van der Waals surface area contributed by atoms with Crippen LogP contribution in [0.2, 0.25) is 0 Å². The molecule has 0 aliphatic carbocycles. The second kappa shape index (κ2) is 5.21. The van der Waals surface area contributed by atoms with E-state index < -0.39 is 0 Å². The van der Waals surface area contributed by atoms with Gasteiger partial charge in [-0.2, -0.15) is 0 Å². The standard InChI is InChI=1S/C17H22O3/c1-10-7-16(19-3)11(2)6-15(10)17(18)12-8-13-4-5-14(9-12)20-13/h6-7,12-14H,4-5,8-9H2,1-3H3. The predicted molar refractivity (Wildman–Crippen MR) is 77.4 cm³/mol. The van der Waals surface area contributed by atoms with Crippen molar-refractivity contribution in [2.75, 3.05) is 7.11 Å². The van der Waals surface area contributed by atoms with Crippen molar-refractivity contribution in [3.8, 4) is 5.75 Å². The number of Topliss-reactive ketones (excluding diaryl/α,β-unsaturated/α-hetero) is 1. The highest BCUT2D eigenvalue weighted by Gasteiger charge is 2.38. The summed E-state index contributed by atoms with van der Waals surface area (Å²) in [6.45, 7) is 3.98. The average molecular weight is 274 g/mol. The van der Waals surface area contributed by atoms with Gasteiger partial charge in [-0.25, -0.2) is 0 Å². The normalized spacial score (nSPS) is 28.4. The fraction of sp³-hybridized carbons (Fsp3) is 0.588. The monoisotopic (exact) mass is 274 g/mol. The zero-order valence-corrected chi connectivity index (χ0v) is 12.4. The molecule has 1 aromatic carbocycles. The summed E-state index contributed by atoms with van der Waals surface area (Å²) in [5.74, 6) is 1.27. The second-order valence-corrected chi connectivity index (χ2v) is 6.13. The van der Waals surface area contributed by atoms with Gasteiger partial charge in [0.05, 0.1) is 19.3 Å². The summed E-state index contributed by atoms with van der Waals surface area (Å²) in [7, 11) is 1.67. The molecule has 2 aliphatic rings. The van der Waals surface area contributed by atoms with E-state index in [4.69, 9.17) is 9.47 Å². The molecule has 0 radical (unpaired) electrons. The molecule has 3 heteroatoms. The first-order valence-corrected chi connectivity index (χ1v) is 7.43. The summed E-state index contributed by atoms with van der Waals surface area (Å²) in [6, 6.07) is 3.95. The van der Waals surface area contributed by atoms with Crippen LogP contribution in [0.1, 0.15) is 47.2 Å². The number of ketones is 1. The van der Waals surface area contributed by atoms with E-state index >= 15 is 0 Å². The minimum atomic E-state index is 0.132. The Morgan fingerprint density at radius 3 is 2.40 bits per heavy atom. The lowest BCUT2D eigenvalue weighted by molar-refractivity contribution is -0.0149. The maximum Gasteiger partial charge on any atom is 0.166 e. The van der Waals surface area contributed by atoms with E-state index in [2.05, 4.69) is 0 Å². The van der Waals surface area contributed by atoms with Gasteiger partial charge in [-0.05, 0) is 62.8 Å². The van der Waals surface area contributed by atoms with E-state index in [1.807, 2.05) is 26.0 Å². The first-order chi connectivity index (χ1) is 9.58. The number of ether oxygens (including phenoxy) is 2. The van der Waals surface area contributed by atoms with E-state index in [0.29, 0.717) is 12.2 Å². The van der Waals surface area contributed by atoms with Crippen LogP contribution in [-0.2, 0) is 4.74 Å². The quantitative estimate of drug-likeness (QED) is 0.792. The van der Waals surface area contributed by atoms with Gasteiger partial charge in [0.1, 0.15) is 5.75 Å². The highest BCUT2D eigenvalue weighted by Crippen LogP contribution is 2.38. The van der Waals surface area contributed by atoms with Crippen LogP contribution >= 0.6 is 0 Å². The Kier molecular flexibility index (Phi) is 3.55. The Bertz CT molecular complexity index is 523. The van der Waals surface area contributed by atoms with Gasteiger partial charge in [0.2, 0.25) is 0 Å². The summed E-state index contributed by atoms with van der Waals surface area (Å²) in [5, 5.41) is 0. The highest BCUT2D eigenvalue weighted by molar-refractivity contribution is 5.99. The lowest BCUT2D eigenvalue weighted by atomic mass is 9.86. The van der Waals surface area contributed by atoms with Crippen LogP contribution in [0.4, 0.5) is 0 Å². The van der Waals surface area contributed by atoms with E-state index in [1.165, 1.54) is 0 Å². The van der Waals surface area contributed by atoms with Crippen molar-refractivity contribution in [3.63, 3.8) is 0 Å². The predicted octanol–water partition coefficient (Wildman–Crippen LogP) is 3.45. The Balaban J connectivity index is 1.85. The molecule has 2 fully saturated rings. The van der Waals surface area contributed by atoms with Gasteiger partial charge in [0.25, 0.3) is 0 Å². The number of carbonyl (C=O) groups is 1. The molecule has 0 amide bonds. The number of hydrogen-bond acceptors (Lipinski definition) is 3. The van der Waals surface area contributed by atoms with Crippen LogP contribution in [0.3, 0.4) is 0 Å². The molecule has 0 aromatic heterocycles. The van der Waals surface area contributed by atoms with Crippen molar-refractivity contribution in [3.05, 3.63) is 28.8 Å². The summed E-state index contributed by atoms with van der Waals surface area (Å²) in [5.41, 5.74) is 2.89. The third-order valence-electron chi connectivity index (χ3n) is 4.67. The van der Waals surface area contributed by atoms with Gasteiger partial charge in [-0.1, -0.05) is 0 Å². The summed E-state index contributed by atoms with van der Waals surface area (Å²) >= 11 is 0. The van der Waals surface area contributed by atoms with Crippen LogP contribution < -0.4 is 4.74 Å². The maximum atomic E-state index is 12.8. The van der Waals surface area contributed by atoms with Crippen LogP contribution in [0.25, 0.3) is 0 Å². The van der Waals surface area contributed by atoms with Gasteiger partial charge in [-0.3, -0.25) is 4.79 Å². The minimum absolute atomic E-state index is 0.132. The zero-order valence-electron chi connectivity index (χ0n) is 12.4. The van der Waals surface area contributed by atoms with Crippen molar-refractivity contribution < 1.29 is 14.3 Å². The number of carbonyl (C=O) groups excluding carboxylic acids is 1. The van der Waals surface area contributed by atoms with E-state index in [-0.39, 0.29) is 11.7 Å². The first-order valence-electron chi connectivity index (χ1n) is 7.43. The van der Waals surface area contributed by atoms with Crippen LogP contribution in [-0.4, -0.2) is 25.1 Å². The molecule has 2 unspecified atom stereocenters. The summed E-state index contributed by atoms with van der Waals surface area (Å²) in [6.07, 6.45) is 4.63. The molecule has 3 rings (SSSR count). The third-order valence-corrected chi connectivity index (χ3v) is 4.67. The molecule has 2 atom stereocenters. The highest BCUT2D eigenvalue weighted by atomic mass is 16.5. The summed E-state index contributed by atoms with van der Waals surface area (Å²) < 4.78 is 11.2. The van der Waals surface area contributed by atoms with Crippen LogP contribution in [0, 0.1) is 19.8 Å². The van der Waals surface area contributed by atoms with Gasteiger partial charge in [0.15, 0.2) is 5.78 Å². The molecule has 1 aromatic rings. The molecule has 2 aliphatic heterocycles. The largest absolute Gasteiger partial charge is 0.496 e. The molecule has 0 saturated carbocycles. The molecule has 2 saturated heterocycles. The van der Waals surface area contributed by atoms with Crippen LogP contribution in [0.5, 0.6) is 5.75 Å².